The molecule has 1 aliphatic rings. The first-order chi connectivity index (χ1) is 15.9. The molecule has 0 radical (unpaired) electrons. The number of carbonyl (C=O) groups excluding carboxylic acids is 2. The van der Waals surface area contributed by atoms with E-state index in [2.05, 4.69) is 34.5 Å². The van der Waals surface area contributed by atoms with Crippen molar-refractivity contribution in [2.24, 2.45) is 13.0 Å². The fourth-order valence-electron chi connectivity index (χ4n) is 4.10. The molecule has 2 N–H and O–H groups in total. The van der Waals surface area contributed by atoms with E-state index in [9.17, 15) is 9.59 Å². The van der Waals surface area contributed by atoms with Gasteiger partial charge in [-0.3, -0.25) is 19.2 Å². The third kappa shape index (κ3) is 5.49. The third-order valence-corrected chi connectivity index (χ3v) is 5.86. The first kappa shape index (κ1) is 22.7. The Bertz CT molecular complexity index is 1120. The standard InChI is InChI=1S/C26H31N5O2/c1-18(2)15-27-25(32)20-11-9-19(10-12-20)16-31-14-13-23-22(17-31)24(29-30(23)3)26(33)28-21-7-5-4-6-8-21/h4-12,18H,13-17H2,1-3H3,(H,27,32)(H,28,33). The number of fused-ring (bicyclic) bond motifs is 1. The van der Waals surface area contributed by atoms with Gasteiger partial charge in [-0.05, 0) is 35.7 Å². The number of rotatable bonds is 7. The van der Waals surface area contributed by atoms with Gasteiger partial charge in [0.15, 0.2) is 5.69 Å². The molecule has 2 heterocycles. The summed E-state index contributed by atoms with van der Waals surface area (Å²) in [6, 6.07) is 17.2. The normalized spacial score (nSPS) is 13.6. The summed E-state index contributed by atoms with van der Waals surface area (Å²) in [4.78, 5) is 27.5. The molecule has 1 aliphatic heterocycles. The molecule has 1 aromatic heterocycles. The fourth-order valence-corrected chi connectivity index (χ4v) is 4.10. The van der Waals surface area contributed by atoms with Crippen molar-refractivity contribution in [2.75, 3.05) is 18.4 Å². The van der Waals surface area contributed by atoms with Crippen molar-refractivity contribution >= 4 is 17.5 Å². The first-order valence-electron chi connectivity index (χ1n) is 11.4. The molecule has 0 atom stereocenters. The topological polar surface area (TPSA) is 79.3 Å². The van der Waals surface area contributed by atoms with Crippen LogP contribution in [0.5, 0.6) is 0 Å². The largest absolute Gasteiger partial charge is 0.352 e. The van der Waals surface area contributed by atoms with Crippen molar-refractivity contribution in [2.45, 2.75) is 33.4 Å². The maximum absolute atomic E-state index is 12.9. The lowest BCUT2D eigenvalue weighted by Gasteiger charge is -2.27. The summed E-state index contributed by atoms with van der Waals surface area (Å²) in [5.41, 5.74) is 5.15. The Hall–Kier alpha value is -3.45. The number of nitrogens with zero attached hydrogens (tertiary/aromatic N) is 3. The van der Waals surface area contributed by atoms with E-state index in [0.717, 1.165) is 42.0 Å². The monoisotopic (exact) mass is 445 g/mol. The van der Waals surface area contributed by atoms with E-state index >= 15 is 0 Å². The Balaban J connectivity index is 1.42. The van der Waals surface area contributed by atoms with E-state index in [0.29, 0.717) is 30.3 Å². The Morgan fingerprint density at radius 3 is 2.45 bits per heavy atom. The molecule has 2 aromatic carbocycles. The van der Waals surface area contributed by atoms with Gasteiger partial charge >= 0.3 is 0 Å². The van der Waals surface area contributed by atoms with Crippen LogP contribution in [0.25, 0.3) is 0 Å². The SMILES string of the molecule is CC(C)CNC(=O)c1ccc(CN2CCc3c(c(C(=O)Nc4ccccc4)nn3C)C2)cc1. The zero-order valence-corrected chi connectivity index (χ0v) is 19.5. The number of aromatic nitrogens is 2. The van der Waals surface area contributed by atoms with Gasteiger partial charge in [0.05, 0.1) is 0 Å². The minimum Gasteiger partial charge on any atom is -0.352 e. The highest BCUT2D eigenvalue weighted by molar-refractivity contribution is 6.04. The van der Waals surface area contributed by atoms with Crippen LogP contribution in [0.3, 0.4) is 0 Å². The average Bonchev–Trinajstić information content (AvgIpc) is 3.14. The summed E-state index contributed by atoms with van der Waals surface area (Å²) in [7, 11) is 1.90. The summed E-state index contributed by atoms with van der Waals surface area (Å²) < 4.78 is 1.83. The molecule has 0 unspecified atom stereocenters. The Morgan fingerprint density at radius 2 is 1.76 bits per heavy atom. The van der Waals surface area contributed by atoms with Crippen LogP contribution in [0, 0.1) is 5.92 Å². The Labute approximate surface area is 194 Å². The second kappa shape index (κ2) is 10.0. The van der Waals surface area contributed by atoms with E-state index in [1.165, 1.54) is 0 Å². The fraction of sp³-hybridized carbons (Fsp3) is 0.346. The predicted molar refractivity (Wildman–Crippen MR) is 129 cm³/mol. The quantitative estimate of drug-likeness (QED) is 0.582. The molecule has 0 spiro atoms. The van der Waals surface area contributed by atoms with Crippen LogP contribution in [0.1, 0.15) is 51.5 Å². The van der Waals surface area contributed by atoms with Crippen LogP contribution in [0.15, 0.2) is 54.6 Å². The molecule has 7 nitrogen and oxygen atoms in total. The van der Waals surface area contributed by atoms with E-state index in [1.54, 1.807) is 0 Å². The van der Waals surface area contributed by atoms with Gasteiger partial charge in [0.1, 0.15) is 0 Å². The molecule has 3 aromatic rings. The number of carbonyl (C=O) groups is 2. The first-order valence-corrected chi connectivity index (χ1v) is 11.4. The molecule has 0 saturated carbocycles. The zero-order valence-electron chi connectivity index (χ0n) is 19.5. The van der Waals surface area contributed by atoms with Crippen LogP contribution in [-0.2, 0) is 26.6 Å². The number of nitrogens with one attached hydrogen (secondary N) is 2. The van der Waals surface area contributed by atoms with E-state index in [-0.39, 0.29) is 11.8 Å². The number of anilines is 1. The number of amides is 2. The smallest absolute Gasteiger partial charge is 0.276 e. The number of hydrogen-bond acceptors (Lipinski definition) is 4. The molecule has 2 amide bonds. The highest BCUT2D eigenvalue weighted by Gasteiger charge is 2.27. The molecule has 172 valence electrons. The van der Waals surface area contributed by atoms with Gasteiger partial charge in [-0.15, -0.1) is 0 Å². The lowest BCUT2D eigenvalue weighted by atomic mass is 10.0. The van der Waals surface area contributed by atoms with Crippen LogP contribution >= 0.6 is 0 Å². The third-order valence-electron chi connectivity index (χ3n) is 5.86. The molecule has 7 heteroatoms. The second-order valence-corrected chi connectivity index (χ2v) is 8.98. The van der Waals surface area contributed by atoms with Gasteiger partial charge in [-0.25, -0.2) is 0 Å². The van der Waals surface area contributed by atoms with Crippen LogP contribution in [0.4, 0.5) is 5.69 Å². The summed E-state index contributed by atoms with van der Waals surface area (Å²) in [5.74, 6) is 0.198. The van der Waals surface area contributed by atoms with Crippen molar-refractivity contribution in [3.8, 4) is 0 Å². The summed E-state index contributed by atoms with van der Waals surface area (Å²) in [6.07, 6.45) is 0.840. The van der Waals surface area contributed by atoms with Crippen molar-refractivity contribution in [3.05, 3.63) is 82.7 Å². The zero-order chi connectivity index (χ0) is 23.4. The minimum atomic E-state index is -0.184. The number of para-hydroxylation sites is 1. The van der Waals surface area contributed by atoms with Crippen molar-refractivity contribution in [3.63, 3.8) is 0 Å². The van der Waals surface area contributed by atoms with Gasteiger partial charge in [0.25, 0.3) is 11.8 Å². The van der Waals surface area contributed by atoms with E-state index in [4.69, 9.17) is 0 Å². The van der Waals surface area contributed by atoms with Gasteiger partial charge in [0.2, 0.25) is 0 Å². The Kier molecular flexibility index (Phi) is 6.89. The van der Waals surface area contributed by atoms with Crippen molar-refractivity contribution in [1.82, 2.24) is 20.0 Å². The summed E-state index contributed by atoms with van der Waals surface area (Å²) in [6.45, 7) is 7.13. The summed E-state index contributed by atoms with van der Waals surface area (Å²) >= 11 is 0. The Morgan fingerprint density at radius 1 is 1.03 bits per heavy atom. The highest BCUT2D eigenvalue weighted by atomic mass is 16.2. The van der Waals surface area contributed by atoms with Gasteiger partial charge in [-0.1, -0.05) is 44.2 Å². The van der Waals surface area contributed by atoms with Crippen LogP contribution in [-0.4, -0.2) is 39.6 Å². The number of benzene rings is 2. The molecule has 4 rings (SSSR count). The molecule has 0 saturated heterocycles. The number of hydrogen-bond donors (Lipinski definition) is 2. The van der Waals surface area contributed by atoms with Crippen LogP contribution < -0.4 is 10.6 Å². The molecule has 33 heavy (non-hydrogen) atoms. The lowest BCUT2D eigenvalue weighted by molar-refractivity contribution is 0.0948. The predicted octanol–water partition coefficient (Wildman–Crippen LogP) is 3.62. The van der Waals surface area contributed by atoms with Crippen LogP contribution in [0.2, 0.25) is 0 Å². The van der Waals surface area contributed by atoms with E-state index in [1.807, 2.05) is 66.3 Å². The van der Waals surface area contributed by atoms with Gasteiger partial charge in [-0.2, -0.15) is 5.10 Å². The van der Waals surface area contributed by atoms with E-state index < -0.39 is 0 Å². The van der Waals surface area contributed by atoms with Gasteiger partial charge < -0.3 is 10.6 Å². The molecule has 0 fully saturated rings. The maximum atomic E-state index is 12.9. The van der Waals surface area contributed by atoms with Gasteiger partial charge in [0, 0.05) is 62.2 Å². The molecular formula is C26H31N5O2. The average molecular weight is 446 g/mol. The minimum absolute atomic E-state index is 0.0395. The molecule has 0 aliphatic carbocycles. The lowest BCUT2D eigenvalue weighted by Crippen LogP contribution is -2.31. The maximum Gasteiger partial charge on any atom is 0.276 e. The molecule has 0 bridgehead atoms. The molecular weight excluding hydrogens is 414 g/mol. The number of aryl methyl sites for hydroxylation is 1. The highest BCUT2D eigenvalue weighted by Crippen LogP contribution is 2.24. The second-order valence-electron chi connectivity index (χ2n) is 8.98. The summed E-state index contributed by atoms with van der Waals surface area (Å²) in [5, 5.41) is 10.4. The van der Waals surface area contributed by atoms with Crippen molar-refractivity contribution < 1.29 is 9.59 Å². The van der Waals surface area contributed by atoms with Crippen molar-refractivity contribution in [1.29, 1.82) is 0 Å².